The average molecular weight is 613 g/mol. The van der Waals surface area contributed by atoms with Crippen LogP contribution in [0.5, 0.6) is 0 Å². The first kappa shape index (κ1) is 27.8. The van der Waals surface area contributed by atoms with E-state index in [0.717, 1.165) is 83.0 Å². The van der Waals surface area contributed by atoms with Gasteiger partial charge in [0.05, 0.1) is 27.9 Å². The predicted molar refractivity (Wildman–Crippen MR) is 197 cm³/mol. The highest BCUT2D eigenvalue weighted by Gasteiger charge is 2.18. The van der Waals surface area contributed by atoms with Gasteiger partial charge in [0.1, 0.15) is 0 Å². The molecule has 0 radical (unpaired) electrons. The topological polar surface area (TPSA) is 51.6 Å². The van der Waals surface area contributed by atoms with E-state index in [1.807, 2.05) is 48.7 Å². The molecule has 9 aromatic rings. The molecular formula is C44H28N4. The zero-order chi connectivity index (χ0) is 31.9. The molecule has 4 heteroatoms. The van der Waals surface area contributed by atoms with Crippen LogP contribution >= 0.6 is 0 Å². The van der Waals surface area contributed by atoms with Gasteiger partial charge >= 0.3 is 0 Å². The highest BCUT2D eigenvalue weighted by atomic mass is 14.9. The third-order valence-corrected chi connectivity index (χ3v) is 8.88. The number of rotatable bonds is 5. The van der Waals surface area contributed by atoms with Gasteiger partial charge in [-0.25, -0.2) is 15.0 Å². The molecule has 48 heavy (non-hydrogen) atoms. The number of benzene rings is 6. The van der Waals surface area contributed by atoms with E-state index in [1.165, 1.54) is 0 Å². The maximum Gasteiger partial charge on any atom is 0.160 e. The van der Waals surface area contributed by atoms with Crippen LogP contribution in [0.25, 0.3) is 88.9 Å². The Bertz CT molecular complexity index is 2550. The lowest BCUT2D eigenvalue weighted by Gasteiger charge is -2.15. The summed E-state index contributed by atoms with van der Waals surface area (Å²) in [7, 11) is 0. The lowest BCUT2D eigenvalue weighted by Crippen LogP contribution is -1.97. The average Bonchev–Trinajstić information content (AvgIpc) is 3.17. The van der Waals surface area contributed by atoms with Gasteiger partial charge in [0.15, 0.2) is 5.82 Å². The Morgan fingerprint density at radius 3 is 1.65 bits per heavy atom. The van der Waals surface area contributed by atoms with Crippen molar-refractivity contribution in [3.8, 4) is 56.2 Å². The van der Waals surface area contributed by atoms with Crippen molar-refractivity contribution in [2.24, 2.45) is 0 Å². The van der Waals surface area contributed by atoms with Crippen molar-refractivity contribution in [2.45, 2.75) is 0 Å². The molecule has 0 N–H and O–H groups in total. The first-order valence-electron chi connectivity index (χ1n) is 16.1. The number of para-hydroxylation sites is 2. The molecule has 0 atom stereocenters. The van der Waals surface area contributed by atoms with Crippen LogP contribution in [0.1, 0.15) is 0 Å². The summed E-state index contributed by atoms with van der Waals surface area (Å²) in [5.74, 6) is 0.663. The lowest BCUT2D eigenvalue weighted by molar-refractivity contribution is 1.23. The maximum absolute atomic E-state index is 5.33. The van der Waals surface area contributed by atoms with E-state index in [1.54, 1.807) is 0 Å². The second kappa shape index (κ2) is 11.7. The largest absolute Gasteiger partial charge is 0.256 e. The second-order valence-electron chi connectivity index (χ2n) is 11.9. The molecule has 224 valence electrons. The van der Waals surface area contributed by atoms with E-state index in [-0.39, 0.29) is 0 Å². The number of aromatic nitrogens is 4. The second-order valence-corrected chi connectivity index (χ2v) is 11.9. The molecule has 9 rings (SSSR count). The van der Waals surface area contributed by atoms with Gasteiger partial charge in [-0.05, 0) is 71.3 Å². The fourth-order valence-corrected chi connectivity index (χ4v) is 6.62. The van der Waals surface area contributed by atoms with Gasteiger partial charge in [-0.15, -0.1) is 0 Å². The van der Waals surface area contributed by atoms with Crippen LogP contribution in [0.4, 0.5) is 0 Å². The van der Waals surface area contributed by atoms with Crippen molar-refractivity contribution < 1.29 is 0 Å². The molecule has 0 unspecified atom stereocenters. The molecule has 0 amide bonds. The first-order valence-corrected chi connectivity index (χ1v) is 16.1. The van der Waals surface area contributed by atoms with Gasteiger partial charge in [-0.2, -0.15) is 0 Å². The van der Waals surface area contributed by atoms with E-state index >= 15 is 0 Å². The SMILES string of the molecule is c1ccc(-c2ccc3nc(-c4cc(-c5ccccn5)cc(-c5c6ccccc6nc6ccccc56)c4)nc(-c4ccccc4)c3c2)cc1. The minimum absolute atomic E-state index is 0.663. The summed E-state index contributed by atoms with van der Waals surface area (Å²) >= 11 is 0. The number of pyridine rings is 2. The monoisotopic (exact) mass is 612 g/mol. The summed E-state index contributed by atoms with van der Waals surface area (Å²) in [6.45, 7) is 0. The Labute approximate surface area is 278 Å². The minimum Gasteiger partial charge on any atom is -0.256 e. The number of hydrogen-bond donors (Lipinski definition) is 0. The van der Waals surface area contributed by atoms with Crippen LogP contribution in [0.3, 0.4) is 0 Å². The Morgan fingerprint density at radius 1 is 0.333 bits per heavy atom. The van der Waals surface area contributed by atoms with Gasteiger partial charge in [0.25, 0.3) is 0 Å². The smallest absolute Gasteiger partial charge is 0.160 e. The highest BCUT2D eigenvalue weighted by molar-refractivity contribution is 6.10. The predicted octanol–water partition coefficient (Wildman–Crippen LogP) is 11.1. The molecule has 4 nitrogen and oxygen atoms in total. The van der Waals surface area contributed by atoms with Crippen LogP contribution in [0, 0.1) is 0 Å². The first-order chi connectivity index (χ1) is 23.8. The Kier molecular flexibility index (Phi) is 6.76. The summed E-state index contributed by atoms with van der Waals surface area (Å²) in [5.41, 5.74) is 12.0. The standard InChI is InChI=1S/C44H28N4/c1-3-13-29(14-4-1)31-22-23-41-37(28-31)43(30-15-5-2-6-16-30)48-44(47-41)34-26-32(38-19-11-12-24-45-38)25-33(27-34)42-35-17-7-9-20-39(35)46-40-21-10-8-18-36(40)42/h1-28H. The lowest BCUT2D eigenvalue weighted by atomic mass is 9.92. The molecule has 0 saturated heterocycles. The van der Waals surface area contributed by atoms with Gasteiger partial charge < -0.3 is 0 Å². The van der Waals surface area contributed by atoms with Crippen molar-refractivity contribution >= 4 is 32.7 Å². The van der Waals surface area contributed by atoms with Crippen molar-refractivity contribution in [3.05, 3.63) is 170 Å². The van der Waals surface area contributed by atoms with Crippen LogP contribution < -0.4 is 0 Å². The van der Waals surface area contributed by atoms with Crippen molar-refractivity contribution in [2.75, 3.05) is 0 Å². The maximum atomic E-state index is 5.33. The summed E-state index contributed by atoms with van der Waals surface area (Å²) in [6.07, 6.45) is 1.84. The normalized spacial score (nSPS) is 11.3. The fourth-order valence-electron chi connectivity index (χ4n) is 6.62. The van der Waals surface area contributed by atoms with E-state index in [0.29, 0.717) is 5.82 Å². The Morgan fingerprint density at radius 2 is 0.938 bits per heavy atom. The Hall–Kier alpha value is -6.52. The summed E-state index contributed by atoms with van der Waals surface area (Å²) in [6, 6.07) is 56.6. The van der Waals surface area contributed by atoms with E-state index in [4.69, 9.17) is 19.9 Å². The van der Waals surface area contributed by atoms with Gasteiger partial charge in [0.2, 0.25) is 0 Å². The molecule has 0 aliphatic rings. The molecule has 0 fully saturated rings. The minimum atomic E-state index is 0.663. The van der Waals surface area contributed by atoms with Crippen LogP contribution in [0.15, 0.2) is 170 Å². The molecule has 0 aliphatic carbocycles. The highest BCUT2D eigenvalue weighted by Crippen LogP contribution is 2.39. The molecule has 0 saturated carbocycles. The van der Waals surface area contributed by atoms with Crippen molar-refractivity contribution in [1.82, 2.24) is 19.9 Å². The number of hydrogen-bond acceptors (Lipinski definition) is 4. The van der Waals surface area contributed by atoms with Gasteiger partial charge in [-0.1, -0.05) is 109 Å². The van der Waals surface area contributed by atoms with Crippen molar-refractivity contribution in [3.63, 3.8) is 0 Å². The third-order valence-electron chi connectivity index (χ3n) is 8.88. The quantitative estimate of drug-likeness (QED) is 0.181. The zero-order valence-electron chi connectivity index (χ0n) is 26.0. The van der Waals surface area contributed by atoms with Gasteiger partial charge in [-0.3, -0.25) is 4.98 Å². The molecule has 0 spiro atoms. The van der Waals surface area contributed by atoms with E-state index in [2.05, 4.69) is 121 Å². The number of fused-ring (bicyclic) bond motifs is 3. The van der Waals surface area contributed by atoms with Gasteiger partial charge in [0, 0.05) is 44.6 Å². The fraction of sp³-hybridized carbons (Fsp3) is 0. The molecule has 0 aliphatic heterocycles. The number of nitrogens with zero attached hydrogens (tertiary/aromatic N) is 4. The molecule has 0 bridgehead atoms. The van der Waals surface area contributed by atoms with Crippen LogP contribution in [-0.2, 0) is 0 Å². The Balaban J connectivity index is 1.33. The summed E-state index contributed by atoms with van der Waals surface area (Å²) in [5, 5.41) is 3.20. The summed E-state index contributed by atoms with van der Waals surface area (Å²) < 4.78 is 0. The zero-order valence-corrected chi connectivity index (χ0v) is 26.0. The summed E-state index contributed by atoms with van der Waals surface area (Å²) in [4.78, 5) is 20.3. The van der Waals surface area contributed by atoms with Crippen LogP contribution in [-0.4, -0.2) is 19.9 Å². The molecule has 6 aromatic carbocycles. The van der Waals surface area contributed by atoms with Crippen molar-refractivity contribution in [1.29, 1.82) is 0 Å². The molecule has 3 aromatic heterocycles. The van der Waals surface area contributed by atoms with E-state index in [9.17, 15) is 0 Å². The molecular weight excluding hydrogens is 585 g/mol. The van der Waals surface area contributed by atoms with E-state index < -0.39 is 0 Å². The van der Waals surface area contributed by atoms with Crippen LogP contribution in [0.2, 0.25) is 0 Å². The third kappa shape index (κ3) is 4.97. The molecule has 3 heterocycles.